The molecule has 0 fully saturated rings. The molecular weight excluding hydrogens is 284 g/mol. The molecule has 4 heteroatoms. The van der Waals surface area contributed by atoms with Gasteiger partial charge >= 0.3 is 0 Å². The fourth-order valence-corrected chi connectivity index (χ4v) is 2.71. The van der Waals surface area contributed by atoms with E-state index in [2.05, 4.69) is 29.5 Å². The summed E-state index contributed by atoms with van der Waals surface area (Å²) in [4.78, 5) is 2.20. The van der Waals surface area contributed by atoms with E-state index in [1.807, 2.05) is 50.2 Å². The minimum absolute atomic E-state index is 0. The Morgan fingerprint density at radius 1 is 0.957 bits per heavy atom. The predicted octanol–water partition coefficient (Wildman–Crippen LogP) is 3.55. The number of nitrogens with two attached hydrogens (primary N) is 2. The molecule has 4 nitrogen and oxygen atoms in total. The molecule has 0 saturated heterocycles. The SMILES string of the molecule is C.CC.CN1Cc2ccccc2/C(NN)=C(/N)c2ccccc21. The van der Waals surface area contributed by atoms with E-state index in [1.165, 1.54) is 5.56 Å². The maximum absolute atomic E-state index is 6.36. The molecule has 2 aromatic rings. The first-order valence-electron chi connectivity index (χ1n) is 7.57. The van der Waals surface area contributed by atoms with E-state index < -0.39 is 0 Å². The molecule has 0 amide bonds. The number of nitrogens with one attached hydrogen (secondary N) is 1. The third-order valence-corrected chi connectivity index (χ3v) is 3.71. The van der Waals surface area contributed by atoms with Crippen LogP contribution in [0.4, 0.5) is 5.69 Å². The maximum Gasteiger partial charge on any atom is 0.0799 e. The zero-order chi connectivity index (χ0) is 16.1. The number of hydrazine groups is 1. The minimum atomic E-state index is 0. The Kier molecular flexibility index (Phi) is 6.66. The minimum Gasteiger partial charge on any atom is -0.396 e. The molecule has 1 heterocycles. The summed E-state index contributed by atoms with van der Waals surface area (Å²) in [5, 5.41) is 0. The molecule has 0 radical (unpaired) electrons. The lowest BCUT2D eigenvalue weighted by molar-refractivity contribution is 0.902. The number of fused-ring (bicyclic) bond motifs is 2. The molecule has 0 aliphatic carbocycles. The maximum atomic E-state index is 6.36. The molecule has 3 rings (SSSR count). The van der Waals surface area contributed by atoms with E-state index in [0.29, 0.717) is 5.70 Å². The Hall–Kier alpha value is -2.46. The van der Waals surface area contributed by atoms with Gasteiger partial charge in [0, 0.05) is 30.4 Å². The van der Waals surface area contributed by atoms with Crippen LogP contribution in [0.3, 0.4) is 0 Å². The lowest BCUT2D eigenvalue weighted by Gasteiger charge is -2.28. The first kappa shape index (κ1) is 18.6. The van der Waals surface area contributed by atoms with Crippen LogP contribution >= 0.6 is 0 Å². The van der Waals surface area contributed by atoms with Crippen LogP contribution < -0.4 is 21.9 Å². The van der Waals surface area contributed by atoms with E-state index in [1.54, 1.807) is 0 Å². The average Bonchev–Trinajstić information content (AvgIpc) is 2.57. The van der Waals surface area contributed by atoms with Crippen LogP contribution in [0.1, 0.15) is 38.0 Å². The highest BCUT2D eigenvalue weighted by Crippen LogP contribution is 2.33. The van der Waals surface area contributed by atoms with E-state index in [0.717, 1.165) is 29.1 Å². The topological polar surface area (TPSA) is 67.3 Å². The van der Waals surface area contributed by atoms with Gasteiger partial charge in [-0.3, -0.25) is 5.84 Å². The van der Waals surface area contributed by atoms with E-state index in [9.17, 15) is 0 Å². The molecule has 1 aliphatic heterocycles. The molecular formula is C19H28N4. The largest absolute Gasteiger partial charge is 0.396 e. The fraction of sp³-hybridized carbons (Fsp3) is 0.263. The summed E-state index contributed by atoms with van der Waals surface area (Å²) in [5.41, 5.74) is 14.9. The molecule has 2 aromatic carbocycles. The number of nitrogens with zero attached hydrogens (tertiary/aromatic N) is 1. The molecule has 5 N–H and O–H groups in total. The van der Waals surface area contributed by atoms with Crippen LogP contribution in [-0.2, 0) is 6.54 Å². The molecule has 1 aliphatic rings. The van der Waals surface area contributed by atoms with Crippen LogP contribution in [0, 0.1) is 0 Å². The Balaban J connectivity index is 0.000000849. The summed E-state index contributed by atoms with van der Waals surface area (Å²) in [5.74, 6) is 5.72. The average molecular weight is 312 g/mol. The van der Waals surface area contributed by atoms with Crippen molar-refractivity contribution in [1.82, 2.24) is 5.43 Å². The number of anilines is 1. The van der Waals surface area contributed by atoms with Gasteiger partial charge in [-0.05, 0) is 11.6 Å². The lowest BCUT2D eigenvalue weighted by atomic mass is 9.97. The third-order valence-electron chi connectivity index (χ3n) is 3.71. The second kappa shape index (κ2) is 8.25. The van der Waals surface area contributed by atoms with Crippen LogP contribution in [0.2, 0.25) is 0 Å². The Bertz CT molecular complexity index is 677. The van der Waals surface area contributed by atoms with Gasteiger partial charge in [-0.15, -0.1) is 0 Å². The Morgan fingerprint density at radius 3 is 2.17 bits per heavy atom. The number of para-hydroxylation sites is 1. The Morgan fingerprint density at radius 2 is 1.52 bits per heavy atom. The van der Waals surface area contributed by atoms with Gasteiger partial charge in [0.1, 0.15) is 0 Å². The monoisotopic (exact) mass is 312 g/mol. The summed E-state index contributed by atoms with van der Waals surface area (Å²) in [6.07, 6.45) is 0. The number of hydrogen-bond donors (Lipinski definition) is 3. The van der Waals surface area contributed by atoms with Crippen molar-refractivity contribution in [3.8, 4) is 0 Å². The molecule has 0 saturated carbocycles. The zero-order valence-corrected chi connectivity index (χ0v) is 13.4. The second-order valence-corrected chi connectivity index (χ2v) is 4.96. The van der Waals surface area contributed by atoms with Gasteiger partial charge in [-0.25, -0.2) is 0 Å². The highest BCUT2D eigenvalue weighted by Gasteiger charge is 2.19. The second-order valence-electron chi connectivity index (χ2n) is 4.96. The fourth-order valence-electron chi connectivity index (χ4n) is 2.71. The number of hydrogen-bond acceptors (Lipinski definition) is 4. The first-order chi connectivity index (χ1) is 10.7. The summed E-state index contributed by atoms with van der Waals surface area (Å²) >= 11 is 0. The van der Waals surface area contributed by atoms with E-state index in [-0.39, 0.29) is 7.43 Å². The molecule has 0 spiro atoms. The molecule has 0 atom stereocenters. The lowest BCUT2D eigenvalue weighted by Crippen LogP contribution is -2.28. The van der Waals surface area contributed by atoms with Crippen LogP contribution in [0.5, 0.6) is 0 Å². The van der Waals surface area contributed by atoms with Crippen LogP contribution in [-0.4, -0.2) is 7.05 Å². The highest BCUT2D eigenvalue weighted by molar-refractivity contribution is 5.93. The molecule has 0 bridgehead atoms. The third kappa shape index (κ3) is 3.48. The van der Waals surface area contributed by atoms with E-state index in [4.69, 9.17) is 11.6 Å². The molecule has 124 valence electrons. The van der Waals surface area contributed by atoms with Crippen LogP contribution in [0.15, 0.2) is 48.5 Å². The predicted molar refractivity (Wildman–Crippen MR) is 101 cm³/mol. The van der Waals surface area contributed by atoms with Crippen molar-refractivity contribution < 1.29 is 0 Å². The van der Waals surface area contributed by atoms with Crippen molar-refractivity contribution in [1.29, 1.82) is 0 Å². The zero-order valence-electron chi connectivity index (χ0n) is 13.4. The smallest absolute Gasteiger partial charge is 0.0799 e. The summed E-state index contributed by atoms with van der Waals surface area (Å²) in [7, 11) is 2.07. The van der Waals surface area contributed by atoms with Gasteiger partial charge in [0.2, 0.25) is 0 Å². The van der Waals surface area contributed by atoms with Gasteiger partial charge < -0.3 is 16.1 Å². The number of benzene rings is 2. The van der Waals surface area contributed by atoms with Gasteiger partial charge in [0.15, 0.2) is 0 Å². The van der Waals surface area contributed by atoms with Crippen molar-refractivity contribution in [2.75, 3.05) is 11.9 Å². The van der Waals surface area contributed by atoms with Gasteiger partial charge in [-0.1, -0.05) is 63.7 Å². The van der Waals surface area contributed by atoms with E-state index >= 15 is 0 Å². The van der Waals surface area contributed by atoms with Crippen molar-refractivity contribution >= 4 is 17.1 Å². The van der Waals surface area contributed by atoms with Crippen molar-refractivity contribution in [3.05, 3.63) is 65.2 Å². The van der Waals surface area contributed by atoms with Crippen LogP contribution in [0.25, 0.3) is 11.4 Å². The van der Waals surface area contributed by atoms with Crippen molar-refractivity contribution in [2.45, 2.75) is 27.8 Å². The number of rotatable bonds is 1. The molecule has 0 aromatic heterocycles. The van der Waals surface area contributed by atoms with Gasteiger partial charge in [0.05, 0.1) is 11.4 Å². The van der Waals surface area contributed by atoms with Gasteiger partial charge in [0.25, 0.3) is 0 Å². The van der Waals surface area contributed by atoms with Crippen molar-refractivity contribution in [2.24, 2.45) is 11.6 Å². The quantitative estimate of drug-likeness (QED) is 0.556. The van der Waals surface area contributed by atoms with Gasteiger partial charge in [-0.2, -0.15) is 0 Å². The summed E-state index contributed by atoms with van der Waals surface area (Å²) in [6, 6.07) is 16.3. The molecule has 23 heavy (non-hydrogen) atoms. The van der Waals surface area contributed by atoms with Crippen molar-refractivity contribution in [3.63, 3.8) is 0 Å². The molecule has 0 unspecified atom stereocenters. The Labute approximate surface area is 139 Å². The standard InChI is InChI=1S/C16H18N4.C2H6.CH4/c1-20-10-11-6-2-3-7-12(11)16(19-18)15(17)13-8-4-5-9-14(13)20;1-2;/h2-9,19H,10,17-18H2,1H3;1-2H3;1H4/b16-15-;;. The normalized spacial score (nSPS) is 15.7. The highest BCUT2D eigenvalue weighted by atomic mass is 15.2. The first-order valence-corrected chi connectivity index (χ1v) is 7.57. The summed E-state index contributed by atoms with van der Waals surface area (Å²) < 4.78 is 0. The summed E-state index contributed by atoms with van der Waals surface area (Å²) in [6.45, 7) is 4.81.